The Hall–Kier alpha value is -1.25. The lowest BCUT2D eigenvalue weighted by molar-refractivity contribution is -0.0328. The molecule has 0 radical (unpaired) electrons. The molecule has 0 saturated heterocycles. The Balaban J connectivity index is 2.72. The molecule has 9 heteroatoms. The van der Waals surface area contributed by atoms with Gasteiger partial charge in [-0.2, -0.15) is 13.2 Å². The van der Waals surface area contributed by atoms with Crippen LogP contribution in [0.3, 0.4) is 0 Å². The highest BCUT2D eigenvalue weighted by molar-refractivity contribution is 8.00. The van der Waals surface area contributed by atoms with Crippen molar-refractivity contribution in [2.45, 2.75) is 25.4 Å². The Morgan fingerprint density at radius 2 is 2.17 bits per heavy atom. The van der Waals surface area contributed by atoms with Crippen molar-refractivity contribution in [3.63, 3.8) is 0 Å². The molecule has 0 bridgehead atoms. The number of carbonyl (C=O) groups is 1. The Kier molecular flexibility index (Phi) is 5.00. The number of alkyl halides is 3. The molecule has 0 aliphatic heterocycles. The molecular weight excluding hydrogens is 271 g/mol. The first-order chi connectivity index (χ1) is 8.39. The van der Waals surface area contributed by atoms with Gasteiger partial charge in [0.1, 0.15) is 0 Å². The smallest absolute Gasteiger partial charge is 0.441 e. The molecule has 18 heavy (non-hydrogen) atoms. The van der Waals surface area contributed by atoms with Crippen LogP contribution in [0, 0.1) is 0 Å². The van der Waals surface area contributed by atoms with E-state index in [9.17, 15) is 18.0 Å². The molecule has 0 atom stereocenters. The van der Waals surface area contributed by atoms with E-state index in [1.807, 2.05) is 0 Å². The second kappa shape index (κ2) is 6.07. The predicted octanol–water partition coefficient (Wildman–Crippen LogP) is 1.88. The number of halogens is 3. The summed E-state index contributed by atoms with van der Waals surface area (Å²) in [5.41, 5.74) is -3.74. The molecule has 0 N–H and O–H groups in total. The zero-order valence-corrected chi connectivity index (χ0v) is 10.6. The summed E-state index contributed by atoms with van der Waals surface area (Å²) in [6, 6.07) is 0. The maximum Gasteiger partial charge on any atom is 0.441 e. The molecule has 0 amide bonds. The molecule has 102 valence electrons. The molecule has 5 nitrogen and oxygen atoms in total. The minimum Gasteiger partial charge on any atom is -0.464 e. The summed E-state index contributed by atoms with van der Waals surface area (Å²) < 4.78 is 41.7. The molecular formula is C9H12F3N3O2S. The Labute approximate surface area is 106 Å². The van der Waals surface area contributed by atoms with Gasteiger partial charge in [-0.1, -0.05) is 12.1 Å². The highest BCUT2D eigenvalue weighted by atomic mass is 32.2. The monoisotopic (exact) mass is 283 g/mol. The summed E-state index contributed by atoms with van der Waals surface area (Å²) in [5, 5.41) is 7.28. The lowest BCUT2D eigenvalue weighted by atomic mass is 10.2. The molecule has 0 unspecified atom stereocenters. The van der Waals surface area contributed by atoms with E-state index in [0.29, 0.717) is 12.1 Å². The van der Waals surface area contributed by atoms with Crippen LogP contribution in [0.5, 0.6) is 0 Å². The molecule has 0 aliphatic rings. The van der Waals surface area contributed by atoms with E-state index in [0.717, 1.165) is 0 Å². The van der Waals surface area contributed by atoms with Crippen molar-refractivity contribution in [3.05, 3.63) is 11.4 Å². The molecule has 0 aliphatic carbocycles. The van der Waals surface area contributed by atoms with Gasteiger partial charge < -0.3 is 4.74 Å². The van der Waals surface area contributed by atoms with Gasteiger partial charge in [0.15, 0.2) is 5.69 Å². The molecule has 0 spiro atoms. The first-order valence-corrected chi connectivity index (χ1v) is 6.09. The average Bonchev–Trinajstić information content (AvgIpc) is 2.69. The third-order valence-corrected chi connectivity index (χ3v) is 2.83. The Morgan fingerprint density at radius 1 is 1.50 bits per heavy atom. The van der Waals surface area contributed by atoms with Gasteiger partial charge in [-0.15, -0.1) is 5.10 Å². The zero-order valence-electron chi connectivity index (χ0n) is 9.82. The van der Waals surface area contributed by atoms with Gasteiger partial charge in [0.05, 0.1) is 19.3 Å². The van der Waals surface area contributed by atoms with Crippen molar-refractivity contribution < 1.29 is 22.7 Å². The number of thioether (sulfide) groups is 1. The van der Waals surface area contributed by atoms with Gasteiger partial charge in [-0.3, -0.25) is 0 Å². The van der Waals surface area contributed by atoms with E-state index in [4.69, 9.17) is 0 Å². The van der Waals surface area contributed by atoms with Crippen molar-refractivity contribution in [1.82, 2.24) is 15.0 Å². The standard InChI is InChI=1S/C9H12F3N3O2S/c1-3-6-7(8(16)17-2)13-14-15(6)4-5-18-9(10,11)12/h3-5H2,1-2H3. The highest BCUT2D eigenvalue weighted by Gasteiger charge is 2.28. The van der Waals surface area contributed by atoms with Crippen molar-refractivity contribution in [3.8, 4) is 0 Å². The minimum absolute atomic E-state index is 0.0390. The van der Waals surface area contributed by atoms with E-state index < -0.39 is 11.5 Å². The summed E-state index contributed by atoms with van der Waals surface area (Å²) >= 11 is -0.134. The quantitative estimate of drug-likeness (QED) is 0.772. The zero-order chi connectivity index (χ0) is 13.8. The van der Waals surface area contributed by atoms with Gasteiger partial charge in [0.2, 0.25) is 0 Å². The molecule has 1 rings (SSSR count). The average molecular weight is 283 g/mol. The van der Waals surface area contributed by atoms with Crippen LogP contribution in [0.25, 0.3) is 0 Å². The van der Waals surface area contributed by atoms with Crippen molar-refractivity contribution in [2.24, 2.45) is 0 Å². The van der Waals surface area contributed by atoms with E-state index in [2.05, 4.69) is 15.0 Å². The first kappa shape index (κ1) is 14.8. The molecule has 0 fully saturated rings. The van der Waals surface area contributed by atoms with Crippen LogP contribution in [0.4, 0.5) is 13.2 Å². The fourth-order valence-electron chi connectivity index (χ4n) is 1.37. The number of hydrogen-bond acceptors (Lipinski definition) is 5. The van der Waals surface area contributed by atoms with Crippen molar-refractivity contribution >= 4 is 17.7 Å². The van der Waals surface area contributed by atoms with E-state index in [1.54, 1.807) is 6.92 Å². The van der Waals surface area contributed by atoms with Crippen LogP contribution in [0.15, 0.2) is 0 Å². The third-order valence-electron chi connectivity index (χ3n) is 2.12. The number of hydrogen-bond donors (Lipinski definition) is 0. The molecule has 1 aromatic heterocycles. The van der Waals surface area contributed by atoms with Gasteiger partial charge in [0, 0.05) is 5.75 Å². The SMILES string of the molecule is CCc1c(C(=O)OC)nnn1CCSC(F)(F)F. The maximum atomic E-state index is 12.0. The highest BCUT2D eigenvalue weighted by Crippen LogP contribution is 2.30. The van der Waals surface area contributed by atoms with Crippen LogP contribution in [0.2, 0.25) is 0 Å². The van der Waals surface area contributed by atoms with Crippen molar-refractivity contribution in [2.75, 3.05) is 12.9 Å². The summed E-state index contributed by atoms with van der Waals surface area (Å²) in [6.45, 7) is 1.80. The van der Waals surface area contributed by atoms with Crippen LogP contribution < -0.4 is 0 Å². The molecule has 0 aromatic carbocycles. The molecule has 1 heterocycles. The van der Waals surface area contributed by atoms with Crippen LogP contribution in [0.1, 0.15) is 23.1 Å². The lowest BCUT2D eigenvalue weighted by Gasteiger charge is -2.07. The summed E-state index contributed by atoms with van der Waals surface area (Å²) in [7, 11) is 1.21. The fraction of sp³-hybridized carbons (Fsp3) is 0.667. The number of aromatic nitrogens is 3. The van der Waals surface area contributed by atoms with E-state index >= 15 is 0 Å². The first-order valence-electron chi connectivity index (χ1n) is 5.10. The maximum absolute atomic E-state index is 12.0. The number of nitrogens with zero attached hydrogens (tertiary/aromatic N) is 3. The van der Waals surface area contributed by atoms with E-state index in [-0.39, 0.29) is 29.8 Å². The predicted molar refractivity (Wildman–Crippen MR) is 59.3 cm³/mol. The number of ether oxygens (including phenoxy) is 1. The third kappa shape index (κ3) is 3.90. The number of carbonyl (C=O) groups excluding carboxylic acids is 1. The van der Waals surface area contributed by atoms with Gasteiger partial charge in [0.25, 0.3) is 0 Å². The van der Waals surface area contributed by atoms with Gasteiger partial charge >= 0.3 is 11.5 Å². The van der Waals surface area contributed by atoms with Crippen LogP contribution in [-0.4, -0.2) is 39.3 Å². The number of esters is 1. The Morgan fingerprint density at radius 3 is 2.67 bits per heavy atom. The van der Waals surface area contributed by atoms with Crippen molar-refractivity contribution in [1.29, 1.82) is 0 Å². The molecule has 1 aromatic rings. The van der Waals surface area contributed by atoms with E-state index in [1.165, 1.54) is 11.8 Å². The second-order valence-electron chi connectivity index (χ2n) is 3.25. The van der Waals surface area contributed by atoms with Gasteiger partial charge in [-0.05, 0) is 18.2 Å². The van der Waals surface area contributed by atoms with Crippen LogP contribution in [-0.2, 0) is 17.7 Å². The summed E-state index contributed by atoms with van der Waals surface area (Å²) in [6.07, 6.45) is 0.439. The summed E-state index contributed by atoms with van der Waals surface area (Å²) in [4.78, 5) is 11.3. The summed E-state index contributed by atoms with van der Waals surface area (Å²) in [5.74, 6) is -0.818. The number of rotatable bonds is 5. The lowest BCUT2D eigenvalue weighted by Crippen LogP contribution is -2.12. The number of methoxy groups -OCH3 is 1. The second-order valence-corrected chi connectivity index (χ2v) is 4.41. The Bertz CT molecular complexity index is 420. The topological polar surface area (TPSA) is 57.0 Å². The largest absolute Gasteiger partial charge is 0.464 e. The van der Waals surface area contributed by atoms with Crippen LogP contribution >= 0.6 is 11.8 Å². The normalized spacial score (nSPS) is 11.6. The molecule has 0 saturated carbocycles. The number of aryl methyl sites for hydroxylation is 1. The van der Waals surface area contributed by atoms with Gasteiger partial charge in [-0.25, -0.2) is 9.48 Å². The minimum atomic E-state index is -4.27. The fourth-order valence-corrected chi connectivity index (χ4v) is 1.86.